The van der Waals surface area contributed by atoms with Gasteiger partial charge in [-0.2, -0.15) is 0 Å². The lowest BCUT2D eigenvalue weighted by atomic mass is 10.1. The van der Waals surface area contributed by atoms with Crippen molar-refractivity contribution in [1.82, 2.24) is 4.90 Å². The lowest BCUT2D eigenvalue weighted by molar-refractivity contribution is -0.129. The lowest BCUT2D eigenvalue weighted by Crippen LogP contribution is -2.31. The molecule has 0 aliphatic carbocycles. The van der Waals surface area contributed by atoms with E-state index in [2.05, 4.69) is 5.16 Å². The van der Waals surface area contributed by atoms with Crippen molar-refractivity contribution in [2.24, 2.45) is 10.9 Å². The van der Waals surface area contributed by atoms with Crippen molar-refractivity contribution in [3.63, 3.8) is 0 Å². The molecule has 0 aliphatic rings. The number of rotatable bonds is 5. The van der Waals surface area contributed by atoms with Gasteiger partial charge in [-0.1, -0.05) is 28.9 Å². The van der Waals surface area contributed by atoms with Crippen LogP contribution in [0.15, 0.2) is 29.4 Å². The molecule has 1 amide bonds. The number of oxime groups is 1. The monoisotopic (exact) mass is 269 g/mol. The largest absolute Gasteiger partial charge is 0.409 e. The Labute approximate surface area is 111 Å². The van der Waals surface area contributed by atoms with Crippen molar-refractivity contribution in [1.29, 1.82) is 0 Å². The topological polar surface area (TPSA) is 78.9 Å². The summed E-state index contributed by atoms with van der Waals surface area (Å²) in [6, 6.07) is 7.18. The maximum absolute atomic E-state index is 11.9. The number of amides is 1. The SMILES string of the molecule is CN(CCC(N)=NO)C(=O)Cc1cccc(Cl)c1. The van der Waals surface area contributed by atoms with Crippen molar-refractivity contribution in [2.75, 3.05) is 13.6 Å². The van der Waals surface area contributed by atoms with Gasteiger partial charge >= 0.3 is 0 Å². The maximum atomic E-state index is 11.9. The number of nitrogens with two attached hydrogens (primary N) is 1. The van der Waals surface area contributed by atoms with Crippen LogP contribution < -0.4 is 5.73 Å². The predicted molar refractivity (Wildman–Crippen MR) is 70.8 cm³/mol. The Morgan fingerprint density at radius 2 is 2.28 bits per heavy atom. The van der Waals surface area contributed by atoms with Crippen LogP contribution in [0.1, 0.15) is 12.0 Å². The molecule has 0 atom stereocenters. The summed E-state index contributed by atoms with van der Waals surface area (Å²) in [5.41, 5.74) is 6.20. The van der Waals surface area contributed by atoms with Crippen LogP contribution in [0.2, 0.25) is 5.02 Å². The molecule has 18 heavy (non-hydrogen) atoms. The molecular weight excluding hydrogens is 254 g/mol. The van der Waals surface area contributed by atoms with E-state index in [1.54, 1.807) is 30.1 Å². The van der Waals surface area contributed by atoms with Gasteiger partial charge in [0.15, 0.2) is 0 Å². The number of likely N-dealkylation sites (N-methyl/N-ethyl adjacent to an activating group) is 1. The number of benzene rings is 1. The van der Waals surface area contributed by atoms with Gasteiger partial charge in [0.2, 0.25) is 5.91 Å². The molecule has 0 radical (unpaired) electrons. The first-order chi connectivity index (χ1) is 8.52. The fourth-order valence-electron chi connectivity index (χ4n) is 1.41. The Morgan fingerprint density at radius 1 is 1.56 bits per heavy atom. The van der Waals surface area contributed by atoms with Crippen LogP contribution in [0.4, 0.5) is 0 Å². The molecule has 0 aliphatic heterocycles. The van der Waals surface area contributed by atoms with E-state index in [1.165, 1.54) is 0 Å². The van der Waals surface area contributed by atoms with Gasteiger partial charge in [0.25, 0.3) is 0 Å². The maximum Gasteiger partial charge on any atom is 0.226 e. The first-order valence-electron chi connectivity index (χ1n) is 5.47. The molecule has 6 heteroatoms. The minimum Gasteiger partial charge on any atom is -0.409 e. The number of carbonyl (C=O) groups excluding carboxylic acids is 1. The van der Waals surface area contributed by atoms with Gasteiger partial charge in [0.1, 0.15) is 5.84 Å². The van der Waals surface area contributed by atoms with Crippen molar-refractivity contribution >= 4 is 23.3 Å². The molecule has 0 fully saturated rings. The number of hydrogen-bond acceptors (Lipinski definition) is 3. The van der Waals surface area contributed by atoms with E-state index in [0.29, 0.717) is 18.0 Å². The third kappa shape index (κ3) is 4.63. The zero-order valence-electron chi connectivity index (χ0n) is 10.1. The highest BCUT2D eigenvalue weighted by Crippen LogP contribution is 2.11. The van der Waals surface area contributed by atoms with E-state index in [9.17, 15) is 4.79 Å². The molecule has 5 nitrogen and oxygen atoms in total. The van der Waals surface area contributed by atoms with E-state index in [4.69, 9.17) is 22.5 Å². The van der Waals surface area contributed by atoms with Crippen molar-refractivity contribution < 1.29 is 10.0 Å². The molecule has 0 aromatic heterocycles. The Bertz CT molecular complexity index is 449. The normalized spacial score (nSPS) is 11.3. The van der Waals surface area contributed by atoms with Crippen molar-refractivity contribution in [3.05, 3.63) is 34.9 Å². The first-order valence-corrected chi connectivity index (χ1v) is 5.85. The Hall–Kier alpha value is -1.75. The van der Waals surface area contributed by atoms with Crippen LogP contribution in [0.5, 0.6) is 0 Å². The molecule has 1 aromatic carbocycles. The smallest absolute Gasteiger partial charge is 0.226 e. The second-order valence-electron chi connectivity index (χ2n) is 3.96. The van der Waals surface area contributed by atoms with E-state index in [0.717, 1.165) is 5.56 Å². The minimum atomic E-state index is -0.0389. The number of carbonyl (C=O) groups is 1. The van der Waals surface area contributed by atoms with Gasteiger partial charge < -0.3 is 15.8 Å². The van der Waals surface area contributed by atoms with Crippen LogP contribution in [-0.2, 0) is 11.2 Å². The molecule has 98 valence electrons. The molecule has 0 heterocycles. The van der Waals surface area contributed by atoms with E-state index >= 15 is 0 Å². The fraction of sp³-hybridized carbons (Fsp3) is 0.333. The molecule has 1 aromatic rings. The van der Waals surface area contributed by atoms with Crippen LogP contribution in [-0.4, -0.2) is 35.4 Å². The number of amidine groups is 1. The van der Waals surface area contributed by atoms with Crippen molar-refractivity contribution in [3.8, 4) is 0 Å². The van der Waals surface area contributed by atoms with Gasteiger partial charge in [-0.3, -0.25) is 4.79 Å². The highest BCUT2D eigenvalue weighted by molar-refractivity contribution is 6.30. The summed E-state index contributed by atoms with van der Waals surface area (Å²) in [4.78, 5) is 13.4. The zero-order valence-corrected chi connectivity index (χ0v) is 10.9. The number of hydrogen-bond donors (Lipinski definition) is 2. The standard InChI is InChI=1S/C12H16ClN3O2/c1-16(6-5-11(14)15-18)12(17)8-9-3-2-4-10(13)7-9/h2-4,7,18H,5-6,8H2,1H3,(H2,14,15). The predicted octanol–water partition coefficient (Wildman–Crippen LogP) is 1.48. The first kappa shape index (κ1) is 14.3. The Balaban J connectivity index is 2.50. The molecule has 0 saturated carbocycles. The van der Waals surface area contributed by atoms with Crippen LogP contribution >= 0.6 is 11.6 Å². The summed E-state index contributed by atoms with van der Waals surface area (Å²) in [5.74, 6) is 0.0698. The molecule has 0 spiro atoms. The van der Waals surface area contributed by atoms with E-state index in [1.807, 2.05) is 6.07 Å². The third-order valence-corrected chi connectivity index (χ3v) is 2.74. The summed E-state index contributed by atoms with van der Waals surface area (Å²) in [7, 11) is 1.68. The van der Waals surface area contributed by atoms with Crippen LogP contribution in [0.3, 0.4) is 0 Å². The van der Waals surface area contributed by atoms with Gasteiger partial charge in [-0.15, -0.1) is 0 Å². The van der Waals surface area contributed by atoms with Crippen LogP contribution in [0, 0.1) is 0 Å². The van der Waals surface area contributed by atoms with Gasteiger partial charge in [0, 0.05) is 25.0 Å². The molecule has 3 N–H and O–H groups in total. The highest BCUT2D eigenvalue weighted by atomic mass is 35.5. The second kappa shape index (κ2) is 6.86. The average molecular weight is 270 g/mol. The highest BCUT2D eigenvalue weighted by Gasteiger charge is 2.10. The fourth-order valence-corrected chi connectivity index (χ4v) is 1.63. The van der Waals surface area contributed by atoms with Gasteiger partial charge in [-0.25, -0.2) is 0 Å². The zero-order chi connectivity index (χ0) is 13.5. The second-order valence-corrected chi connectivity index (χ2v) is 4.40. The summed E-state index contributed by atoms with van der Waals surface area (Å²) >= 11 is 5.84. The number of nitrogens with zero attached hydrogens (tertiary/aromatic N) is 2. The molecule has 0 unspecified atom stereocenters. The lowest BCUT2D eigenvalue weighted by Gasteiger charge is -2.16. The van der Waals surface area contributed by atoms with Gasteiger partial charge in [0.05, 0.1) is 6.42 Å². The molecule has 1 rings (SSSR count). The summed E-state index contributed by atoms with van der Waals surface area (Å²) in [6.07, 6.45) is 0.627. The van der Waals surface area contributed by atoms with E-state index in [-0.39, 0.29) is 18.2 Å². The summed E-state index contributed by atoms with van der Waals surface area (Å²) in [5, 5.41) is 11.9. The Morgan fingerprint density at radius 3 is 2.89 bits per heavy atom. The third-order valence-electron chi connectivity index (χ3n) is 2.50. The van der Waals surface area contributed by atoms with Crippen LogP contribution in [0.25, 0.3) is 0 Å². The van der Waals surface area contributed by atoms with Crippen molar-refractivity contribution in [2.45, 2.75) is 12.8 Å². The van der Waals surface area contributed by atoms with E-state index < -0.39 is 0 Å². The average Bonchev–Trinajstić information content (AvgIpc) is 2.35. The molecule has 0 saturated heterocycles. The van der Waals surface area contributed by atoms with Gasteiger partial charge in [-0.05, 0) is 17.7 Å². The minimum absolute atomic E-state index is 0.0389. The Kier molecular flexibility index (Phi) is 5.45. The quantitative estimate of drug-likeness (QED) is 0.368. The molecule has 0 bridgehead atoms. The molecular formula is C12H16ClN3O2. The summed E-state index contributed by atoms with van der Waals surface area (Å²) < 4.78 is 0. The summed E-state index contributed by atoms with van der Waals surface area (Å²) in [6.45, 7) is 0.412. The number of halogens is 1.